The van der Waals surface area contributed by atoms with Gasteiger partial charge in [0, 0.05) is 23.6 Å². The summed E-state index contributed by atoms with van der Waals surface area (Å²) in [7, 11) is 0. The number of hydrogen-bond acceptors (Lipinski definition) is 4. The zero-order chi connectivity index (χ0) is 18.1. The van der Waals surface area contributed by atoms with Crippen LogP contribution in [0.2, 0.25) is 0 Å². The van der Waals surface area contributed by atoms with Crippen LogP contribution >= 0.6 is 0 Å². The molecule has 2 aromatic rings. The molecular formula is C20H20N2O4. The van der Waals surface area contributed by atoms with Gasteiger partial charge in [-0.3, -0.25) is 14.9 Å². The van der Waals surface area contributed by atoms with Gasteiger partial charge in [-0.1, -0.05) is 42.5 Å². The zero-order valence-corrected chi connectivity index (χ0v) is 14.3. The number of ether oxygens (including phenoxy) is 1. The number of non-ortho nitro benzene ring substituents is 1. The van der Waals surface area contributed by atoms with Crippen LogP contribution in [0.25, 0.3) is 0 Å². The summed E-state index contributed by atoms with van der Waals surface area (Å²) in [6.45, 7) is 0.579. The molecule has 0 N–H and O–H groups in total. The molecule has 4 rings (SSSR count). The third-order valence-electron chi connectivity index (χ3n) is 5.26. The topological polar surface area (TPSA) is 72.7 Å². The first-order valence-electron chi connectivity index (χ1n) is 8.85. The minimum Gasteiger partial charge on any atom is -0.352 e. The minimum absolute atomic E-state index is 0.0702. The number of rotatable bonds is 4. The molecule has 2 aliphatic heterocycles. The molecule has 2 aliphatic rings. The summed E-state index contributed by atoms with van der Waals surface area (Å²) in [5, 5.41) is 10.8. The second-order valence-electron chi connectivity index (χ2n) is 6.90. The lowest BCUT2D eigenvalue weighted by Crippen LogP contribution is -2.46. The summed E-state index contributed by atoms with van der Waals surface area (Å²) >= 11 is 0. The Bertz CT molecular complexity index is 806. The number of nitro benzene ring substituents is 1. The van der Waals surface area contributed by atoms with Crippen LogP contribution in [-0.4, -0.2) is 28.4 Å². The van der Waals surface area contributed by atoms with Crippen molar-refractivity contribution in [2.75, 3.05) is 6.61 Å². The molecule has 134 valence electrons. The Hall–Kier alpha value is -2.73. The first-order chi connectivity index (χ1) is 12.6. The van der Waals surface area contributed by atoms with E-state index in [0.717, 1.165) is 24.0 Å². The summed E-state index contributed by atoms with van der Waals surface area (Å²) in [6, 6.07) is 16.4. The molecule has 0 bridgehead atoms. The Morgan fingerprint density at radius 2 is 1.81 bits per heavy atom. The van der Waals surface area contributed by atoms with Gasteiger partial charge in [0.25, 0.3) is 5.69 Å². The van der Waals surface area contributed by atoms with Gasteiger partial charge in [-0.25, -0.2) is 0 Å². The van der Waals surface area contributed by atoms with E-state index in [1.807, 2.05) is 35.2 Å². The minimum atomic E-state index is -0.411. The molecule has 0 spiro atoms. The molecule has 0 radical (unpaired) electrons. The fourth-order valence-corrected chi connectivity index (χ4v) is 3.90. The van der Waals surface area contributed by atoms with Crippen LogP contribution in [0.4, 0.5) is 5.69 Å². The van der Waals surface area contributed by atoms with E-state index in [9.17, 15) is 14.9 Å². The molecule has 1 amide bonds. The number of piperidine rings is 1. The Labute approximate surface area is 151 Å². The predicted molar refractivity (Wildman–Crippen MR) is 95.3 cm³/mol. The number of carbonyl (C=O) groups excluding carboxylic acids is 1. The normalized spacial score (nSPS) is 25.2. The van der Waals surface area contributed by atoms with E-state index in [0.29, 0.717) is 13.0 Å². The Morgan fingerprint density at radius 3 is 2.50 bits per heavy atom. The van der Waals surface area contributed by atoms with Gasteiger partial charge in [0.05, 0.1) is 17.6 Å². The number of carbonyl (C=O) groups is 1. The van der Waals surface area contributed by atoms with Gasteiger partial charge in [0.1, 0.15) is 0 Å². The van der Waals surface area contributed by atoms with Crippen LogP contribution < -0.4 is 0 Å². The van der Waals surface area contributed by atoms with Crippen molar-refractivity contribution in [3.05, 3.63) is 75.8 Å². The molecule has 0 aromatic heterocycles. The molecule has 3 atom stereocenters. The van der Waals surface area contributed by atoms with Crippen LogP contribution in [0.3, 0.4) is 0 Å². The summed E-state index contributed by atoms with van der Waals surface area (Å²) in [6.07, 6.45) is 2.03. The van der Waals surface area contributed by atoms with Crippen LogP contribution in [0.15, 0.2) is 54.6 Å². The summed E-state index contributed by atoms with van der Waals surface area (Å²) in [5.74, 6) is 0.00609. The van der Waals surface area contributed by atoms with Crippen molar-refractivity contribution in [2.45, 2.75) is 31.5 Å². The third-order valence-corrected chi connectivity index (χ3v) is 5.26. The fourth-order valence-electron chi connectivity index (χ4n) is 3.90. The number of benzene rings is 2. The lowest BCUT2D eigenvalue weighted by atomic mass is 9.87. The van der Waals surface area contributed by atoms with E-state index in [2.05, 4.69) is 0 Å². The standard InChI is InChI=1S/C20H20N2O4/c23-19-16(12-14-6-9-17(10-7-14)22(24)25)8-11-18-13-26-20(21(18)19)15-4-2-1-3-5-15/h1-7,9-10,16,18,20H,8,11-13H2/t16-,18+,20-/m1/s1. The lowest BCUT2D eigenvalue weighted by Gasteiger charge is -2.36. The molecule has 0 aliphatic carbocycles. The van der Waals surface area contributed by atoms with E-state index in [1.165, 1.54) is 12.1 Å². The Balaban J connectivity index is 1.51. The highest BCUT2D eigenvalue weighted by Crippen LogP contribution is 2.38. The van der Waals surface area contributed by atoms with Gasteiger partial charge in [0.15, 0.2) is 6.23 Å². The maximum Gasteiger partial charge on any atom is 0.269 e. The summed E-state index contributed by atoms with van der Waals surface area (Å²) < 4.78 is 5.93. The van der Waals surface area contributed by atoms with Gasteiger partial charge >= 0.3 is 0 Å². The Morgan fingerprint density at radius 1 is 1.08 bits per heavy atom. The number of amides is 1. The monoisotopic (exact) mass is 352 g/mol. The van der Waals surface area contributed by atoms with Gasteiger partial charge in [-0.15, -0.1) is 0 Å². The fraction of sp³-hybridized carbons (Fsp3) is 0.350. The molecule has 2 aromatic carbocycles. The van der Waals surface area contributed by atoms with Crippen molar-refractivity contribution < 1.29 is 14.5 Å². The second kappa shape index (κ2) is 6.88. The van der Waals surface area contributed by atoms with Gasteiger partial charge in [-0.05, 0) is 24.8 Å². The highest BCUT2D eigenvalue weighted by molar-refractivity contribution is 5.81. The van der Waals surface area contributed by atoms with Crippen molar-refractivity contribution in [1.29, 1.82) is 0 Å². The molecule has 2 saturated heterocycles. The van der Waals surface area contributed by atoms with E-state index in [1.54, 1.807) is 12.1 Å². The first kappa shape index (κ1) is 16.7. The maximum atomic E-state index is 13.1. The molecule has 6 heteroatoms. The highest BCUT2D eigenvalue weighted by Gasteiger charge is 2.44. The van der Waals surface area contributed by atoms with Gasteiger partial charge in [0.2, 0.25) is 5.91 Å². The second-order valence-corrected chi connectivity index (χ2v) is 6.90. The van der Waals surface area contributed by atoms with Crippen LogP contribution in [0.5, 0.6) is 0 Å². The highest BCUT2D eigenvalue weighted by atomic mass is 16.6. The van der Waals surface area contributed by atoms with Crippen molar-refractivity contribution >= 4 is 11.6 Å². The SMILES string of the molecule is O=C1[C@@H](Cc2ccc([N+](=O)[O-])cc2)CC[C@H]2CO[C@H](c3ccccc3)N12. The molecule has 0 saturated carbocycles. The number of nitrogens with zero attached hydrogens (tertiary/aromatic N) is 2. The number of fused-ring (bicyclic) bond motifs is 1. The van der Waals surface area contributed by atoms with E-state index in [-0.39, 0.29) is 29.8 Å². The summed E-state index contributed by atoms with van der Waals surface area (Å²) in [4.78, 5) is 25.4. The van der Waals surface area contributed by atoms with Crippen molar-refractivity contribution in [2.24, 2.45) is 5.92 Å². The number of nitro groups is 1. The van der Waals surface area contributed by atoms with Crippen LogP contribution in [0.1, 0.15) is 30.2 Å². The lowest BCUT2D eigenvalue weighted by molar-refractivity contribution is -0.384. The van der Waals surface area contributed by atoms with Crippen molar-refractivity contribution in [3.8, 4) is 0 Å². The average Bonchev–Trinajstić information content (AvgIpc) is 3.10. The summed E-state index contributed by atoms with van der Waals surface area (Å²) in [5.41, 5.74) is 2.02. The van der Waals surface area contributed by atoms with E-state index in [4.69, 9.17) is 4.74 Å². The molecule has 6 nitrogen and oxygen atoms in total. The molecular weight excluding hydrogens is 332 g/mol. The third kappa shape index (κ3) is 3.08. The van der Waals surface area contributed by atoms with Crippen LogP contribution in [0, 0.1) is 16.0 Å². The van der Waals surface area contributed by atoms with E-state index < -0.39 is 4.92 Å². The quantitative estimate of drug-likeness (QED) is 0.624. The van der Waals surface area contributed by atoms with Crippen molar-refractivity contribution in [3.63, 3.8) is 0 Å². The average molecular weight is 352 g/mol. The molecule has 2 fully saturated rings. The Kier molecular flexibility index (Phi) is 4.42. The smallest absolute Gasteiger partial charge is 0.269 e. The zero-order valence-electron chi connectivity index (χ0n) is 14.3. The number of hydrogen-bond donors (Lipinski definition) is 0. The molecule has 0 unspecified atom stereocenters. The largest absolute Gasteiger partial charge is 0.352 e. The predicted octanol–water partition coefficient (Wildman–Crippen LogP) is 3.47. The van der Waals surface area contributed by atoms with Gasteiger partial charge in [-0.2, -0.15) is 0 Å². The van der Waals surface area contributed by atoms with Crippen molar-refractivity contribution in [1.82, 2.24) is 4.90 Å². The first-order valence-corrected chi connectivity index (χ1v) is 8.85. The molecule has 2 heterocycles. The van der Waals surface area contributed by atoms with E-state index >= 15 is 0 Å². The maximum absolute atomic E-state index is 13.1. The van der Waals surface area contributed by atoms with Crippen LogP contribution in [-0.2, 0) is 16.0 Å². The van der Waals surface area contributed by atoms with Gasteiger partial charge < -0.3 is 9.64 Å². The molecule has 26 heavy (non-hydrogen) atoms.